The molecule has 0 saturated heterocycles. The van der Waals surface area contributed by atoms with Crippen molar-refractivity contribution < 1.29 is 19.4 Å². The lowest BCUT2D eigenvalue weighted by Crippen LogP contribution is -2.27. The SMILES string of the molecule is CC/C=C\C/C=C\C/C=C\C/C=C\C/C=C\C/C=C\C/C=C\CCCCCC(=O)OC(CO)COCCCCCCCCCCCCCCC/C=C\C/C=C\C/C=C\C/C=C\CC. The molecule has 1 N–H and O–H groups in total. The fraction of sp³-hybridized carbons (Fsp3) is 0.610. The predicted molar refractivity (Wildman–Crippen MR) is 278 cm³/mol. The molecule has 1 atom stereocenters. The number of carbonyl (C=O) groups is 1. The van der Waals surface area contributed by atoms with Gasteiger partial charge >= 0.3 is 5.97 Å². The van der Waals surface area contributed by atoms with Crippen molar-refractivity contribution in [1.29, 1.82) is 0 Å². The molecule has 0 saturated carbocycles. The van der Waals surface area contributed by atoms with Gasteiger partial charge in [0.25, 0.3) is 0 Å². The Balaban J connectivity index is 3.54. The quantitative estimate of drug-likeness (QED) is 0.0376. The zero-order valence-electron chi connectivity index (χ0n) is 40.8. The fourth-order valence-corrected chi connectivity index (χ4v) is 6.71. The number of unbranched alkanes of at least 4 members (excludes halogenated alkanes) is 16. The number of rotatable bonds is 46. The van der Waals surface area contributed by atoms with Crippen LogP contribution in [0.25, 0.3) is 0 Å². The summed E-state index contributed by atoms with van der Waals surface area (Å²) in [5, 5.41) is 9.66. The second kappa shape index (κ2) is 54.7. The van der Waals surface area contributed by atoms with Gasteiger partial charge in [-0.15, -0.1) is 0 Å². The zero-order valence-corrected chi connectivity index (χ0v) is 40.8. The van der Waals surface area contributed by atoms with Gasteiger partial charge in [0.2, 0.25) is 0 Å². The van der Waals surface area contributed by atoms with E-state index in [1.807, 2.05) is 0 Å². The van der Waals surface area contributed by atoms with Gasteiger partial charge in [0.1, 0.15) is 6.10 Å². The molecule has 0 rings (SSSR count). The summed E-state index contributed by atoms with van der Waals surface area (Å²) in [6.45, 7) is 5.07. The third-order valence-corrected chi connectivity index (χ3v) is 10.5. The number of aliphatic hydroxyl groups excluding tert-OH is 1. The maximum Gasteiger partial charge on any atom is 0.306 e. The zero-order chi connectivity index (χ0) is 45.5. The summed E-state index contributed by atoms with van der Waals surface area (Å²) in [6, 6.07) is 0. The molecule has 0 amide bonds. The smallest absolute Gasteiger partial charge is 0.306 e. The van der Waals surface area contributed by atoms with Gasteiger partial charge in [-0.3, -0.25) is 4.79 Å². The van der Waals surface area contributed by atoms with Crippen LogP contribution in [-0.2, 0) is 14.3 Å². The first-order chi connectivity index (χ1) is 31.2. The number of hydrogen-bond acceptors (Lipinski definition) is 4. The highest BCUT2D eigenvalue weighted by atomic mass is 16.6. The van der Waals surface area contributed by atoms with Crippen LogP contribution >= 0.6 is 0 Å². The largest absolute Gasteiger partial charge is 0.457 e. The van der Waals surface area contributed by atoms with E-state index >= 15 is 0 Å². The molecule has 4 nitrogen and oxygen atoms in total. The van der Waals surface area contributed by atoms with Crippen molar-refractivity contribution in [3.8, 4) is 0 Å². The number of allylic oxidation sites excluding steroid dienone is 22. The second-order valence-corrected chi connectivity index (χ2v) is 16.5. The van der Waals surface area contributed by atoms with Crippen LogP contribution in [-0.4, -0.2) is 37.0 Å². The van der Waals surface area contributed by atoms with Gasteiger partial charge in [0.05, 0.1) is 13.2 Å². The highest BCUT2D eigenvalue weighted by Gasteiger charge is 2.13. The van der Waals surface area contributed by atoms with Crippen LogP contribution in [0, 0.1) is 0 Å². The minimum atomic E-state index is -0.564. The fourth-order valence-electron chi connectivity index (χ4n) is 6.71. The standard InChI is InChI=1S/C59H96O4/c1-3-5-7-9-11-13-15-17-19-21-23-25-27-29-31-33-35-37-39-41-43-45-47-49-51-53-55-62-57-58(56-60)63-59(61)54-52-50-48-46-44-42-40-38-36-34-32-30-28-26-24-22-20-18-16-14-12-10-8-6-4-2/h5-8,11-14,17-20,23-26,30,32,36,38,42,44,58,60H,3-4,9-10,15-16,21-22,27-29,31,33-35,37,39-41,43,45-57H2,1-2H3/b7-5-,8-6-,13-11-,14-12-,19-17-,20-18-,25-23-,26-24-,32-30-,38-36-,44-42-. The highest BCUT2D eigenvalue weighted by Crippen LogP contribution is 2.14. The normalized spacial score (nSPS) is 13.5. The van der Waals surface area contributed by atoms with E-state index in [0.29, 0.717) is 13.0 Å². The van der Waals surface area contributed by atoms with Gasteiger partial charge in [-0.25, -0.2) is 0 Å². The van der Waals surface area contributed by atoms with E-state index in [4.69, 9.17) is 9.47 Å². The topological polar surface area (TPSA) is 55.8 Å². The highest BCUT2D eigenvalue weighted by molar-refractivity contribution is 5.69. The molecule has 0 spiro atoms. The number of carbonyl (C=O) groups excluding carboxylic acids is 1. The Labute approximate surface area is 390 Å². The predicted octanol–water partition coefficient (Wildman–Crippen LogP) is 17.8. The average Bonchev–Trinajstić information content (AvgIpc) is 3.29. The molecule has 4 heteroatoms. The Morgan fingerprint density at radius 2 is 0.667 bits per heavy atom. The van der Waals surface area contributed by atoms with E-state index in [-0.39, 0.29) is 19.2 Å². The van der Waals surface area contributed by atoms with Crippen LogP contribution < -0.4 is 0 Å². The molecule has 0 aliphatic heterocycles. The summed E-state index contributed by atoms with van der Waals surface area (Å²) in [4.78, 5) is 12.3. The summed E-state index contributed by atoms with van der Waals surface area (Å²) in [7, 11) is 0. The molecule has 0 aromatic heterocycles. The molecule has 0 aliphatic rings. The Morgan fingerprint density at radius 1 is 0.381 bits per heavy atom. The lowest BCUT2D eigenvalue weighted by Gasteiger charge is -2.15. The van der Waals surface area contributed by atoms with E-state index in [2.05, 4.69) is 148 Å². The maximum atomic E-state index is 12.3. The van der Waals surface area contributed by atoms with E-state index in [1.54, 1.807) is 0 Å². The number of esters is 1. The third-order valence-electron chi connectivity index (χ3n) is 10.5. The van der Waals surface area contributed by atoms with E-state index in [0.717, 1.165) is 103 Å². The van der Waals surface area contributed by atoms with Gasteiger partial charge in [0, 0.05) is 13.0 Å². The Bertz CT molecular complexity index is 1290. The van der Waals surface area contributed by atoms with E-state index in [9.17, 15) is 9.90 Å². The van der Waals surface area contributed by atoms with Gasteiger partial charge in [-0.1, -0.05) is 225 Å². The first-order valence-electron chi connectivity index (χ1n) is 25.8. The minimum absolute atomic E-state index is 0.194. The van der Waals surface area contributed by atoms with Gasteiger partial charge in [0.15, 0.2) is 0 Å². The van der Waals surface area contributed by atoms with Crippen molar-refractivity contribution in [3.05, 3.63) is 134 Å². The monoisotopic (exact) mass is 869 g/mol. The molecule has 356 valence electrons. The molecule has 0 aromatic rings. The van der Waals surface area contributed by atoms with Crippen LogP contribution in [0.5, 0.6) is 0 Å². The summed E-state index contributed by atoms with van der Waals surface area (Å²) in [5.74, 6) is -0.237. The van der Waals surface area contributed by atoms with Crippen LogP contribution in [0.15, 0.2) is 134 Å². The van der Waals surface area contributed by atoms with Crippen molar-refractivity contribution in [2.45, 2.75) is 213 Å². The lowest BCUT2D eigenvalue weighted by molar-refractivity contribution is -0.154. The minimum Gasteiger partial charge on any atom is -0.457 e. The van der Waals surface area contributed by atoms with Crippen molar-refractivity contribution in [3.63, 3.8) is 0 Å². The van der Waals surface area contributed by atoms with Gasteiger partial charge in [-0.2, -0.15) is 0 Å². The van der Waals surface area contributed by atoms with Crippen LogP contribution in [0.4, 0.5) is 0 Å². The summed E-state index contributed by atoms with van der Waals surface area (Å²) >= 11 is 0. The second-order valence-electron chi connectivity index (χ2n) is 16.5. The van der Waals surface area contributed by atoms with Gasteiger partial charge in [-0.05, 0) is 109 Å². The molecule has 0 radical (unpaired) electrons. The summed E-state index contributed by atoms with van der Waals surface area (Å²) in [5.41, 5.74) is 0. The van der Waals surface area contributed by atoms with Crippen molar-refractivity contribution >= 4 is 5.97 Å². The molecular formula is C59H96O4. The Hall–Kier alpha value is -3.47. The van der Waals surface area contributed by atoms with E-state index in [1.165, 1.54) is 83.5 Å². The molecule has 0 aromatic carbocycles. The number of aliphatic hydroxyl groups is 1. The van der Waals surface area contributed by atoms with Crippen LogP contribution in [0.3, 0.4) is 0 Å². The molecule has 0 aliphatic carbocycles. The average molecular weight is 869 g/mol. The lowest BCUT2D eigenvalue weighted by atomic mass is 10.0. The van der Waals surface area contributed by atoms with Crippen LogP contribution in [0.2, 0.25) is 0 Å². The van der Waals surface area contributed by atoms with E-state index < -0.39 is 6.10 Å². The maximum absolute atomic E-state index is 12.3. The van der Waals surface area contributed by atoms with Crippen molar-refractivity contribution in [2.75, 3.05) is 19.8 Å². The summed E-state index contributed by atoms with van der Waals surface area (Å²) in [6.07, 6.45) is 82.6. The molecule has 1 unspecified atom stereocenters. The Morgan fingerprint density at radius 3 is 1.00 bits per heavy atom. The first kappa shape index (κ1) is 59.5. The first-order valence-corrected chi connectivity index (χ1v) is 25.8. The number of ether oxygens (including phenoxy) is 2. The molecular weight excluding hydrogens is 773 g/mol. The third kappa shape index (κ3) is 52.8. The molecule has 0 bridgehead atoms. The Kier molecular flexibility index (Phi) is 51.7. The molecule has 0 fully saturated rings. The van der Waals surface area contributed by atoms with Crippen LogP contribution in [0.1, 0.15) is 206 Å². The van der Waals surface area contributed by atoms with Crippen molar-refractivity contribution in [1.82, 2.24) is 0 Å². The summed E-state index contributed by atoms with van der Waals surface area (Å²) < 4.78 is 11.2. The molecule has 63 heavy (non-hydrogen) atoms. The van der Waals surface area contributed by atoms with Crippen molar-refractivity contribution in [2.24, 2.45) is 0 Å². The number of hydrogen-bond donors (Lipinski definition) is 1. The molecule has 0 heterocycles. The van der Waals surface area contributed by atoms with Gasteiger partial charge < -0.3 is 14.6 Å².